The number of amides is 1. The number of phenolic OH excluding ortho intramolecular Hbond substituents is 1. The summed E-state index contributed by atoms with van der Waals surface area (Å²) < 4.78 is 0. The molecule has 0 aromatic heterocycles. The third-order valence-electron chi connectivity index (χ3n) is 9.64. The monoisotopic (exact) mass is 556 g/mol. The normalized spacial score (nSPS) is 34.0. The molecular formula is C30H40N2O8. The number of carbonyl (C=O) groups is 3. The molecule has 1 amide bonds. The molecule has 1 aromatic rings. The zero-order valence-electron chi connectivity index (χ0n) is 24.3. The molecule has 1 fully saturated rings. The van der Waals surface area contributed by atoms with Crippen molar-refractivity contribution in [2.24, 2.45) is 10.8 Å². The Labute approximate surface area is 234 Å². The van der Waals surface area contributed by atoms with Crippen LogP contribution in [0.3, 0.4) is 0 Å². The molecule has 10 heteroatoms. The molecule has 218 valence electrons. The lowest BCUT2D eigenvalue weighted by molar-refractivity contribution is -0.211. The van der Waals surface area contributed by atoms with Crippen LogP contribution in [0.1, 0.15) is 71.4 Å². The molecule has 0 aliphatic heterocycles. The van der Waals surface area contributed by atoms with E-state index in [9.17, 15) is 39.9 Å². The van der Waals surface area contributed by atoms with E-state index in [1.807, 2.05) is 6.92 Å². The van der Waals surface area contributed by atoms with Crippen molar-refractivity contribution in [3.05, 3.63) is 46.2 Å². The number of hydrogen-bond donors (Lipinski definition) is 6. The van der Waals surface area contributed by atoms with Crippen molar-refractivity contribution in [2.45, 2.75) is 83.6 Å². The first kappa shape index (κ1) is 29.8. The van der Waals surface area contributed by atoms with Gasteiger partial charge in [0, 0.05) is 11.0 Å². The van der Waals surface area contributed by atoms with E-state index in [1.54, 1.807) is 39.8 Å². The van der Waals surface area contributed by atoms with Gasteiger partial charge in [0.05, 0.1) is 28.7 Å². The Kier molecular flexibility index (Phi) is 6.81. The van der Waals surface area contributed by atoms with E-state index in [4.69, 9.17) is 0 Å². The van der Waals surface area contributed by atoms with Crippen LogP contribution in [0, 0.1) is 10.8 Å². The summed E-state index contributed by atoms with van der Waals surface area (Å²) in [6.45, 7) is 10.0. The highest BCUT2D eigenvalue weighted by atomic mass is 16.4. The van der Waals surface area contributed by atoms with Gasteiger partial charge in [-0.1, -0.05) is 46.2 Å². The lowest BCUT2D eigenvalue weighted by Gasteiger charge is -2.63. The van der Waals surface area contributed by atoms with Gasteiger partial charge in [-0.2, -0.15) is 0 Å². The highest BCUT2D eigenvalue weighted by molar-refractivity contribution is 6.25. The molecule has 0 heterocycles. The second kappa shape index (κ2) is 9.15. The molecule has 0 radical (unpaired) electrons. The smallest absolute Gasteiger partial charge is 0.258 e. The fraction of sp³-hybridized carbons (Fsp3) is 0.567. The maximum Gasteiger partial charge on any atom is 0.258 e. The summed E-state index contributed by atoms with van der Waals surface area (Å²) in [6.07, 6.45) is -0.417. The molecule has 0 bridgehead atoms. The second-order valence-electron chi connectivity index (χ2n) is 12.7. The Morgan fingerprint density at radius 1 is 1.12 bits per heavy atom. The lowest BCUT2D eigenvalue weighted by Crippen LogP contribution is -2.78. The Morgan fingerprint density at radius 2 is 1.73 bits per heavy atom. The number of likely N-dealkylation sites (N-methyl/N-ethyl adjacent to an activating group) is 1. The van der Waals surface area contributed by atoms with Crippen LogP contribution in [0.5, 0.6) is 5.75 Å². The topological polar surface area (TPSA) is 168 Å². The van der Waals surface area contributed by atoms with Crippen LogP contribution in [0.2, 0.25) is 0 Å². The third-order valence-corrected chi connectivity index (χ3v) is 9.64. The number of aliphatic hydroxyl groups excluding tert-OH is 3. The fourth-order valence-electron chi connectivity index (χ4n) is 7.53. The first-order valence-electron chi connectivity index (χ1n) is 13.5. The first-order chi connectivity index (χ1) is 18.3. The summed E-state index contributed by atoms with van der Waals surface area (Å²) in [7, 11) is 3.04. The van der Waals surface area contributed by atoms with E-state index in [2.05, 4.69) is 5.32 Å². The molecular weight excluding hydrogens is 516 g/mol. The number of phenols is 1. The van der Waals surface area contributed by atoms with Crippen LogP contribution < -0.4 is 5.32 Å². The van der Waals surface area contributed by atoms with Crippen LogP contribution in [-0.4, -0.2) is 85.3 Å². The summed E-state index contributed by atoms with van der Waals surface area (Å²) >= 11 is 0. The molecule has 4 rings (SSSR count). The molecule has 3 aliphatic rings. The van der Waals surface area contributed by atoms with Crippen LogP contribution >= 0.6 is 0 Å². The van der Waals surface area contributed by atoms with Gasteiger partial charge in [0.2, 0.25) is 5.78 Å². The van der Waals surface area contributed by atoms with Crippen molar-refractivity contribution >= 4 is 23.2 Å². The number of carbonyl (C=O) groups excluding carboxylic acids is 3. The zero-order chi connectivity index (χ0) is 30.3. The highest BCUT2D eigenvalue weighted by Crippen LogP contribution is 2.66. The molecule has 3 aliphatic carbocycles. The molecule has 10 nitrogen and oxygen atoms in total. The van der Waals surface area contributed by atoms with Gasteiger partial charge in [0.15, 0.2) is 11.4 Å². The largest absolute Gasteiger partial charge is 0.508 e. The summed E-state index contributed by atoms with van der Waals surface area (Å²) in [4.78, 5) is 43.4. The van der Waals surface area contributed by atoms with Gasteiger partial charge in [0.25, 0.3) is 5.91 Å². The van der Waals surface area contributed by atoms with Gasteiger partial charge in [-0.3, -0.25) is 19.3 Å². The summed E-state index contributed by atoms with van der Waals surface area (Å²) in [5, 5.41) is 60.8. The molecule has 6 atom stereocenters. The number of rotatable bonds is 5. The van der Waals surface area contributed by atoms with Crippen LogP contribution in [-0.2, 0) is 14.4 Å². The standard InChI is InChI=1S/C30H40N2O8/c1-9-13-27(3,4)31-25(38)18-21(35)22(32(7)8)29(6)26(39)28(5)14(2)15-11-10-12-16(33)17(15)20(34)19(28)24(37)30(29,40)23(18)36/h10-12,14,22,26,33-34,36,39-40H,9,13H2,1-8H3,(H,31,38)/t14-,22+,26-,28+,29+,30+/m0/s1. The van der Waals surface area contributed by atoms with Crippen molar-refractivity contribution in [3.8, 4) is 5.75 Å². The van der Waals surface area contributed by atoms with Crippen molar-refractivity contribution in [1.82, 2.24) is 10.2 Å². The molecule has 40 heavy (non-hydrogen) atoms. The number of aromatic hydroxyl groups is 1. The van der Waals surface area contributed by atoms with Crippen molar-refractivity contribution < 1.29 is 39.9 Å². The van der Waals surface area contributed by atoms with Gasteiger partial charge in [0.1, 0.15) is 22.8 Å². The van der Waals surface area contributed by atoms with E-state index >= 15 is 0 Å². The Balaban J connectivity index is 2.07. The molecule has 0 spiro atoms. The number of Topliss-reactive ketones (excluding diaryl/α,β-unsaturated/α-hetero) is 2. The minimum absolute atomic E-state index is 0.0194. The number of hydrogen-bond acceptors (Lipinski definition) is 9. The minimum atomic E-state index is -2.97. The Bertz CT molecular complexity index is 1380. The van der Waals surface area contributed by atoms with Gasteiger partial charge in [-0.25, -0.2) is 0 Å². The molecule has 1 saturated carbocycles. The van der Waals surface area contributed by atoms with Crippen LogP contribution in [0.25, 0.3) is 5.76 Å². The van der Waals surface area contributed by atoms with Crippen molar-refractivity contribution in [2.75, 3.05) is 14.1 Å². The fourth-order valence-corrected chi connectivity index (χ4v) is 7.53. The number of nitrogens with one attached hydrogen (secondary N) is 1. The maximum absolute atomic E-state index is 14.5. The SMILES string of the molecule is CCCC(C)(C)NC(=O)C1=C(O)[C@@]2(O)C(=O)C3=C(O)c4c(O)cccc4[C@H](C)[C@@]3(C)[C@H](O)[C@@]2(C)[C@H](N(C)C)C1=O. The number of fused-ring (bicyclic) bond motifs is 3. The molecule has 6 N–H and O–H groups in total. The van der Waals surface area contributed by atoms with Gasteiger partial charge < -0.3 is 30.8 Å². The highest BCUT2D eigenvalue weighted by Gasteiger charge is 2.77. The van der Waals surface area contributed by atoms with Crippen LogP contribution in [0.4, 0.5) is 0 Å². The molecule has 0 saturated heterocycles. The average molecular weight is 557 g/mol. The van der Waals surface area contributed by atoms with E-state index in [1.165, 1.54) is 32.0 Å². The lowest BCUT2D eigenvalue weighted by atomic mass is 9.42. The average Bonchev–Trinajstić information content (AvgIpc) is 2.84. The number of benzene rings is 1. The van der Waals surface area contributed by atoms with E-state index in [0.29, 0.717) is 12.0 Å². The van der Waals surface area contributed by atoms with Crippen molar-refractivity contribution in [3.63, 3.8) is 0 Å². The van der Waals surface area contributed by atoms with Gasteiger partial charge in [-0.15, -0.1) is 0 Å². The third kappa shape index (κ3) is 3.48. The number of aliphatic hydroxyl groups is 4. The molecule has 1 aromatic carbocycles. The zero-order valence-corrected chi connectivity index (χ0v) is 24.3. The van der Waals surface area contributed by atoms with E-state index in [0.717, 1.165) is 6.42 Å². The number of nitrogens with zero attached hydrogens (tertiary/aromatic N) is 1. The van der Waals surface area contributed by atoms with Gasteiger partial charge >= 0.3 is 0 Å². The van der Waals surface area contributed by atoms with Crippen molar-refractivity contribution in [1.29, 1.82) is 0 Å². The maximum atomic E-state index is 14.5. The Hall–Kier alpha value is -3.21. The minimum Gasteiger partial charge on any atom is -0.508 e. The first-order valence-corrected chi connectivity index (χ1v) is 13.5. The van der Waals surface area contributed by atoms with E-state index in [-0.39, 0.29) is 11.3 Å². The number of ketones is 2. The van der Waals surface area contributed by atoms with Gasteiger partial charge in [-0.05, 0) is 51.9 Å². The summed E-state index contributed by atoms with van der Waals surface area (Å²) in [5.74, 6) is -5.77. The Morgan fingerprint density at radius 3 is 2.27 bits per heavy atom. The summed E-state index contributed by atoms with van der Waals surface area (Å²) in [6, 6.07) is 3.16. The summed E-state index contributed by atoms with van der Waals surface area (Å²) in [5.41, 5.74) is -8.09. The van der Waals surface area contributed by atoms with E-state index < -0.39 is 80.2 Å². The predicted octanol–water partition coefficient (Wildman–Crippen LogP) is 2.49. The quantitative estimate of drug-likeness (QED) is 0.299. The van der Waals surface area contributed by atoms with Crippen LogP contribution in [0.15, 0.2) is 35.1 Å². The predicted molar refractivity (Wildman–Crippen MR) is 148 cm³/mol. The molecule has 0 unspecified atom stereocenters. The second-order valence-corrected chi connectivity index (χ2v) is 12.7.